The first-order valence-electron chi connectivity index (χ1n) is 8.60. The maximum Gasteiger partial charge on any atom is 0.355 e. The first kappa shape index (κ1) is 19.3. The largest absolute Gasteiger partial charge is 0.461 e. The van der Waals surface area contributed by atoms with Crippen molar-refractivity contribution in [1.82, 2.24) is 9.47 Å². The summed E-state index contributed by atoms with van der Waals surface area (Å²) in [6, 6.07) is 0. The molecular weight excluding hydrogens is 292 g/mol. The molecule has 0 saturated carbocycles. The molecule has 1 rings (SSSR count). The molecule has 0 bridgehead atoms. The standard InChI is InChI=1S/C18H30N2O3/c1-7-11-19(12-8-2)17(21)15-13(5)16(18(22)23-10-4)20(9-3)14(15)6/h7-12H2,1-6H3. The molecule has 0 spiro atoms. The van der Waals surface area contributed by atoms with Crippen molar-refractivity contribution in [3.63, 3.8) is 0 Å². The Morgan fingerprint density at radius 3 is 2.04 bits per heavy atom. The Bertz CT molecular complexity index is 555. The van der Waals surface area contributed by atoms with Gasteiger partial charge in [0.05, 0.1) is 12.2 Å². The van der Waals surface area contributed by atoms with Crippen LogP contribution in [0.5, 0.6) is 0 Å². The minimum atomic E-state index is -0.355. The van der Waals surface area contributed by atoms with E-state index < -0.39 is 0 Å². The summed E-state index contributed by atoms with van der Waals surface area (Å²) < 4.78 is 7.06. The normalized spacial score (nSPS) is 10.7. The summed E-state index contributed by atoms with van der Waals surface area (Å²) in [6.45, 7) is 14.1. The second-order valence-corrected chi connectivity index (χ2v) is 5.69. The van der Waals surface area contributed by atoms with Crippen LogP contribution in [-0.4, -0.2) is 41.0 Å². The lowest BCUT2D eigenvalue weighted by Crippen LogP contribution is -2.33. The third-order valence-corrected chi connectivity index (χ3v) is 4.04. The van der Waals surface area contributed by atoms with Gasteiger partial charge in [-0.2, -0.15) is 0 Å². The molecule has 0 saturated heterocycles. The number of hydrogen-bond donors (Lipinski definition) is 0. The van der Waals surface area contributed by atoms with E-state index in [1.807, 2.05) is 30.2 Å². The summed E-state index contributed by atoms with van der Waals surface area (Å²) in [4.78, 5) is 27.2. The first-order valence-corrected chi connectivity index (χ1v) is 8.60. The molecule has 0 aromatic carbocycles. The summed E-state index contributed by atoms with van der Waals surface area (Å²) in [5, 5.41) is 0. The van der Waals surface area contributed by atoms with Gasteiger partial charge in [0.2, 0.25) is 0 Å². The van der Waals surface area contributed by atoms with Crippen LogP contribution < -0.4 is 0 Å². The fraction of sp³-hybridized carbons (Fsp3) is 0.667. The number of ether oxygens (including phenoxy) is 1. The number of aromatic nitrogens is 1. The second kappa shape index (κ2) is 8.75. The predicted octanol–water partition coefficient (Wildman–Crippen LogP) is 3.56. The predicted molar refractivity (Wildman–Crippen MR) is 92.0 cm³/mol. The molecule has 23 heavy (non-hydrogen) atoms. The Hall–Kier alpha value is -1.78. The topological polar surface area (TPSA) is 51.5 Å². The smallest absolute Gasteiger partial charge is 0.355 e. The van der Waals surface area contributed by atoms with Crippen LogP contribution in [0.1, 0.15) is 72.6 Å². The van der Waals surface area contributed by atoms with Crippen molar-refractivity contribution in [3.05, 3.63) is 22.5 Å². The van der Waals surface area contributed by atoms with Gasteiger partial charge in [-0.3, -0.25) is 4.79 Å². The van der Waals surface area contributed by atoms with E-state index in [1.165, 1.54) is 0 Å². The maximum absolute atomic E-state index is 13.0. The van der Waals surface area contributed by atoms with Gasteiger partial charge < -0.3 is 14.2 Å². The van der Waals surface area contributed by atoms with Crippen LogP contribution in [0.4, 0.5) is 0 Å². The van der Waals surface area contributed by atoms with Gasteiger partial charge in [0.1, 0.15) is 5.69 Å². The van der Waals surface area contributed by atoms with Crippen molar-refractivity contribution in [2.45, 2.75) is 60.9 Å². The summed E-state index contributed by atoms with van der Waals surface area (Å²) in [7, 11) is 0. The average molecular weight is 322 g/mol. The third-order valence-electron chi connectivity index (χ3n) is 4.04. The van der Waals surface area contributed by atoms with Gasteiger partial charge in [-0.25, -0.2) is 4.79 Å². The number of hydrogen-bond acceptors (Lipinski definition) is 3. The van der Waals surface area contributed by atoms with E-state index in [1.54, 1.807) is 6.92 Å². The van der Waals surface area contributed by atoms with Gasteiger partial charge in [-0.1, -0.05) is 13.8 Å². The van der Waals surface area contributed by atoms with E-state index >= 15 is 0 Å². The molecule has 0 aliphatic heterocycles. The molecule has 5 nitrogen and oxygen atoms in total. The maximum atomic E-state index is 13.0. The van der Waals surface area contributed by atoms with Crippen molar-refractivity contribution < 1.29 is 14.3 Å². The highest BCUT2D eigenvalue weighted by molar-refractivity contribution is 6.01. The van der Waals surface area contributed by atoms with Crippen LogP contribution in [0.3, 0.4) is 0 Å². The highest BCUT2D eigenvalue weighted by Crippen LogP contribution is 2.25. The van der Waals surface area contributed by atoms with Crippen molar-refractivity contribution in [1.29, 1.82) is 0 Å². The summed E-state index contributed by atoms with van der Waals surface area (Å²) in [5.74, 6) is -0.340. The van der Waals surface area contributed by atoms with E-state index in [-0.39, 0.29) is 11.9 Å². The molecule has 1 aromatic heterocycles. The van der Waals surface area contributed by atoms with Crippen LogP contribution in [0, 0.1) is 13.8 Å². The minimum Gasteiger partial charge on any atom is -0.461 e. The van der Waals surface area contributed by atoms with Gasteiger partial charge in [0.25, 0.3) is 5.91 Å². The Morgan fingerprint density at radius 2 is 1.61 bits per heavy atom. The van der Waals surface area contributed by atoms with Crippen LogP contribution in [0.25, 0.3) is 0 Å². The van der Waals surface area contributed by atoms with E-state index in [0.717, 1.165) is 37.2 Å². The number of esters is 1. The molecule has 130 valence electrons. The molecule has 0 unspecified atom stereocenters. The lowest BCUT2D eigenvalue weighted by atomic mass is 10.1. The number of rotatable bonds is 8. The lowest BCUT2D eigenvalue weighted by molar-refractivity contribution is 0.0512. The van der Waals surface area contributed by atoms with Crippen molar-refractivity contribution >= 4 is 11.9 Å². The van der Waals surface area contributed by atoms with Gasteiger partial charge in [0, 0.05) is 25.3 Å². The SMILES string of the molecule is CCCN(CCC)C(=O)c1c(C)c(C(=O)OCC)n(CC)c1C. The van der Waals surface area contributed by atoms with Gasteiger partial charge >= 0.3 is 5.97 Å². The van der Waals surface area contributed by atoms with Gasteiger partial charge in [0.15, 0.2) is 0 Å². The fourth-order valence-corrected chi connectivity index (χ4v) is 3.08. The Kier molecular flexibility index (Phi) is 7.33. The summed E-state index contributed by atoms with van der Waals surface area (Å²) >= 11 is 0. The fourth-order valence-electron chi connectivity index (χ4n) is 3.08. The molecule has 0 atom stereocenters. The molecule has 1 amide bonds. The highest BCUT2D eigenvalue weighted by Gasteiger charge is 2.28. The molecule has 0 N–H and O–H groups in total. The van der Waals surface area contributed by atoms with Crippen LogP contribution >= 0.6 is 0 Å². The lowest BCUT2D eigenvalue weighted by Gasteiger charge is -2.22. The van der Waals surface area contributed by atoms with E-state index in [2.05, 4.69) is 13.8 Å². The van der Waals surface area contributed by atoms with Crippen molar-refractivity contribution in [2.24, 2.45) is 0 Å². The average Bonchev–Trinajstić information content (AvgIpc) is 2.77. The molecule has 0 fully saturated rings. The quantitative estimate of drug-likeness (QED) is 0.688. The molecule has 1 aromatic rings. The van der Waals surface area contributed by atoms with E-state index in [9.17, 15) is 9.59 Å². The number of nitrogens with zero attached hydrogens (tertiary/aromatic N) is 2. The van der Waals surface area contributed by atoms with Crippen molar-refractivity contribution in [3.8, 4) is 0 Å². The van der Waals surface area contributed by atoms with E-state index in [4.69, 9.17) is 4.74 Å². The summed E-state index contributed by atoms with van der Waals surface area (Å²) in [5.41, 5.74) is 2.72. The number of amides is 1. The van der Waals surface area contributed by atoms with Gasteiger partial charge in [-0.15, -0.1) is 0 Å². The highest BCUT2D eigenvalue weighted by atomic mass is 16.5. The van der Waals surface area contributed by atoms with E-state index in [0.29, 0.717) is 24.4 Å². The molecule has 5 heteroatoms. The number of carbonyl (C=O) groups is 2. The Labute approximate surface area is 139 Å². The van der Waals surface area contributed by atoms with Crippen molar-refractivity contribution in [2.75, 3.05) is 19.7 Å². The summed E-state index contributed by atoms with van der Waals surface area (Å²) in [6.07, 6.45) is 1.84. The zero-order chi connectivity index (χ0) is 17.6. The third kappa shape index (κ3) is 3.95. The van der Waals surface area contributed by atoms with Crippen LogP contribution in [0.2, 0.25) is 0 Å². The molecular formula is C18H30N2O3. The zero-order valence-electron chi connectivity index (χ0n) is 15.4. The Balaban J connectivity index is 3.36. The molecule has 0 radical (unpaired) electrons. The number of carbonyl (C=O) groups excluding carboxylic acids is 2. The van der Waals surface area contributed by atoms with Crippen LogP contribution in [0.15, 0.2) is 0 Å². The first-order chi connectivity index (χ1) is 10.9. The Morgan fingerprint density at radius 1 is 1.04 bits per heavy atom. The second-order valence-electron chi connectivity index (χ2n) is 5.69. The molecule has 0 aliphatic rings. The van der Waals surface area contributed by atoms with Crippen LogP contribution in [-0.2, 0) is 11.3 Å². The minimum absolute atomic E-state index is 0.0152. The zero-order valence-corrected chi connectivity index (χ0v) is 15.4. The molecule has 0 aliphatic carbocycles. The monoisotopic (exact) mass is 322 g/mol. The molecule has 1 heterocycles. The van der Waals surface area contributed by atoms with Gasteiger partial charge in [-0.05, 0) is 46.1 Å².